The molecule has 110 valence electrons. The summed E-state index contributed by atoms with van der Waals surface area (Å²) in [5.41, 5.74) is 2.38. The molecule has 3 heteroatoms. The van der Waals surface area contributed by atoms with E-state index in [1.54, 1.807) is 0 Å². The number of hydrogen-bond acceptors (Lipinski definition) is 2. The molecule has 0 saturated heterocycles. The predicted octanol–water partition coefficient (Wildman–Crippen LogP) is 4.86. The molecule has 0 bridgehead atoms. The number of ether oxygens (including phenoxy) is 2. The van der Waals surface area contributed by atoms with Gasteiger partial charge in [-0.3, -0.25) is 0 Å². The number of hydrogen-bond donors (Lipinski definition) is 0. The van der Waals surface area contributed by atoms with E-state index in [-0.39, 0.29) is 0 Å². The molecule has 0 unspecified atom stereocenters. The third-order valence-corrected chi connectivity index (χ3v) is 4.07. The van der Waals surface area contributed by atoms with Crippen molar-refractivity contribution in [1.29, 1.82) is 0 Å². The summed E-state index contributed by atoms with van der Waals surface area (Å²) in [6, 6.07) is 8.27. The van der Waals surface area contributed by atoms with Gasteiger partial charge in [0.05, 0.1) is 13.2 Å². The van der Waals surface area contributed by atoms with Crippen LogP contribution in [0.15, 0.2) is 35.4 Å². The molecule has 0 spiro atoms. The first kappa shape index (κ1) is 14.3. The summed E-state index contributed by atoms with van der Waals surface area (Å²) in [4.78, 5) is 0. The molecule has 2 aromatic rings. The van der Waals surface area contributed by atoms with Crippen molar-refractivity contribution in [3.63, 3.8) is 0 Å². The SMILES string of the molecule is CCOc1c2c(c(OCC)c3ccccc13)CC(Cl)=CC2. The maximum absolute atomic E-state index is 6.26. The van der Waals surface area contributed by atoms with E-state index in [4.69, 9.17) is 21.1 Å². The molecule has 21 heavy (non-hydrogen) atoms. The van der Waals surface area contributed by atoms with Gasteiger partial charge in [0.1, 0.15) is 11.5 Å². The van der Waals surface area contributed by atoms with E-state index in [2.05, 4.69) is 18.2 Å². The topological polar surface area (TPSA) is 18.5 Å². The molecule has 1 aliphatic carbocycles. The third-order valence-electron chi connectivity index (χ3n) is 3.78. The lowest BCUT2D eigenvalue weighted by Crippen LogP contribution is -2.09. The standard InChI is InChI=1S/C18H19ClO2/c1-3-20-17-13-7-5-6-8-14(13)18(21-4-2)16-11-12(19)9-10-15(16)17/h5-9H,3-4,10-11H2,1-2H3. The number of rotatable bonds is 4. The highest BCUT2D eigenvalue weighted by atomic mass is 35.5. The van der Waals surface area contributed by atoms with Crippen molar-refractivity contribution in [2.45, 2.75) is 26.7 Å². The summed E-state index contributed by atoms with van der Waals surface area (Å²) in [6.45, 7) is 5.33. The average Bonchev–Trinajstić information content (AvgIpc) is 2.50. The van der Waals surface area contributed by atoms with E-state index in [9.17, 15) is 0 Å². The van der Waals surface area contributed by atoms with Crippen LogP contribution in [0.3, 0.4) is 0 Å². The van der Waals surface area contributed by atoms with Crippen LogP contribution in [0.5, 0.6) is 11.5 Å². The van der Waals surface area contributed by atoms with Gasteiger partial charge in [0.2, 0.25) is 0 Å². The van der Waals surface area contributed by atoms with Crippen LogP contribution in [0.4, 0.5) is 0 Å². The van der Waals surface area contributed by atoms with Crippen molar-refractivity contribution in [3.05, 3.63) is 46.5 Å². The highest BCUT2D eigenvalue weighted by Gasteiger charge is 2.23. The quantitative estimate of drug-likeness (QED) is 0.803. The molecule has 0 N–H and O–H groups in total. The van der Waals surface area contributed by atoms with Crippen molar-refractivity contribution in [2.24, 2.45) is 0 Å². The number of allylic oxidation sites excluding steroid dienone is 2. The van der Waals surface area contributed by atoms with Gasteiger partial charge in [0.25, 0.3) is 0 Å². The third kappa shape index (κ3) is 2.49. The molecule has 0 aromatic heterocycles. The van der Waals surface area contributed by atoms with Crippen molar-refractivity contribution < 1.29 is 9.47 Å². The molecule has 0 amide bonds. The van der Waals surface area contributed by atoms with Crippen LogP contribution in [-0.4, -0.2) is 13.2 Å². The maximum atomic E-state index is 6.26. The first-order chi connectivity index (χ1) is 10.3. The highest BCUT2D eigenvalue weighted by molar-refractivity contribution is 6.30. The Morgan fingerprint density at radius 3 is 2.10 bits per heavy atom. The summed E-state index contributed by atoms with van der Waals surface area (Å²) >= 11 is 6.26. The lowest BCUT2D eigenvalue weighted by atomic mass is 9.90. The molecular weight excluding hydrogens is 284 g/mol. The molecule has 1 aliphatic rings. The first-order valence-electron chi connectivity index (χ1n) is 7.42. The van der Waals surface area contributed by atoms with Crippen LogP contribution in [-0.2, 0) is 12.8 Å². The van der Waals surface area contributed by atoms with Gasteiger partial charge >= 0.3 is 0 Å². The summed E-state index contributed by atoms with van der Waals surface area (Å²) in [5.74, 6) is 1.93. The van der Waals surface area contributed by atoms with Gasteiger partial charge in [0, 0.05) is 33.4 Å². The van der Waals surface area contributed by atoms with Crippen LogP contribution in [0.1, 0.15) is 25.0 Å². The van der Waals surface area contributed by atoms with Crippen LogP contribution < -0.4 is 9.47 Å². The molecule has 2 nitrogen and oxygen atoms in total. The zero-order chi connectivity index (χ0) is 14.8. The Morgan fingerprint density at radius 1 is 0.952 bits per heavy atom. The van der Waals surface area contributed by atoms with Crippen LogP contribution in [0, 0.1) is 0 Å². The van der Waals surface area contributed by atoms with Gasteiger partial charge in [-0.2, -0.15) is 0 Å². The lowest BCUT2D eigenvalue weighted by molar-refractivity contribution is 0.331. The minimum absolute atomic E-state index is 0.645. The van der Waals surface area contributed by atoms with Crippen LogP contribution >= 0.6 is 11.6 Å². The zero-order valence-electron chi connectivity index (χ0n) is 12.4. The Bertz CT molecular complexity index is 704. The molecule has 0 aliphatic heterocycles. The Hall–Kier alpha value is -1.67. The van der Waals surface area contributed by atoms with Gasteiger partial charge < -0.3 is 9.47 Å². The second-order valence-corrected chi connectivity index (χ2v) is 5.54. The number of benzene rings is 2. The van der Waals surface area contributed by atoms with E-state index < -0.39 is 0 Å². The predicted molar refractivity (Wildman–Crippen MR) is 87.6 cm³/mol. The Labute approximate surface area is 130 Å². The van der Waals surface area contributed by atoms with Crippen LogP contribution in [0.2, 0.25) is 0 Å². The van der Waals surface area contributed by atoms with E-state index >= 15 is 0 Å². The molecule has 3 rings (SSSR count). The summed E-state index contributed by atoms with van der Waals surface area (Å²) in [6.07, 6.45) is 3.59. The fourth-order valence-corrected chi connectivity index (χ4v) is 3.16. The van der Waals surface area contributed by atoms with Crippen molar-refractivity contribution >= 4 is 22.4 Å². The smallest absolute Gasteiger partial charge is 0.131 e. The van der Waals surface area contributed by atoms with Gasteiger partial charge in [-0.05, 0) is 20.3 Å². The van der Waals surface area contributed by atoms with Gasteiger partial charge in [-0.25, -0.2) is 0 Å². The normalized spacial score (nSPS) is 13.8. The average molecular weight is 303 g/mol. The Kier molecular flexibility index (Phi) is 4.07. The monoisotopic (exact) mass is 302 g/mol. The van der Waals surface area contributed by atoms with E-state index in [0.717, 1.165) is 40.1 Å². The molecule has 0 saturated carbocycles. The molecule has 0 heterocycles. The van der Waals surface area contributed by atoms with E-state index in [0.29, 0.717) is 13.2 Å². The molecule has 0 atom stereocenters. The second kappa shape index (κ2) is 5.98. The van der Waals surface area contributed by atoms with E-state index in [1.807, 2.05) is 26.0 Å². The fourth-order valence-electron chi connectivity index (χ4n) is 2.95. The van der Waals surface area contributed by atoms with Crippen LogP contribution in [0.25, 0.3) is 10.8 Å². The summed E-state index contributed by atoms with van der Waals surface area (Å²) < 4.78 is 11.9. The Morgan fingerprint density at radius 2 is 1.52 bits per heavy atom. The largest absolute Gasteiger partial charge is 0.493 e. The maximum Gasteiger partial charge on any atom is 0.131 e. The van der Waals surface area contributed by atoms with Crippen molar-refractivity contribution in [1.82, 2.24) is 0 Å². The first-order valence-corrected chi connectivity index (χ1v) is 7.80. The minimum atomic E-state index is 0.645. The number of halogens is 1. The van der Waals surface area contributed by atoms with Crippen molar-refractivity contribution in [3.8, 4) is 11.5 Å². The van der Waals surface area contributed by atoms with Gasteiger partial charge in [-0.15, -0.1) is 0 Å². The molecule has 2 aromatic carbocycles. The Balaban J connectivity index is 2.33. The van der Waals surface area contributed by atoms with Crippen molar-refractivity contribution in [2.75, 3.05) is 13.2 Å². The fraction of sp³-hybridized carbons (Fsp3) is 0.333. The van der Waals surface area contributed by atoms with E-state index in [1.165, 1.54) is 11.1 Å². The molecule has 0 radical (unpaired) electrons. The van der Waals surface area contributed by atoms with Gasteiger partial charge in [0.15, 0.2) is 0 Å². The highest BCUT2D eigenvalue weighted by Crippen LogP contribution is 2.44. The number of fused-ring (bicyclic) bond motifs is 2. The van der Waals surface area contributed by atoms with Gasteiger partial charge in [-0.1, -0.05) is 41.9 Å². The second-order valence-electron chi connectivity index (χ2n) is 5.06. The molecular formula is C18H19ClO2. The molecule has 0 fully saturated rings. The zero-order valence-corrected chi connectivity index (χ0v) is 13.2. The summed E-state index contributed by atoms with van der Waals surface area (Å²) in [7, 11) is 0. The minimum Gasteiger partial charge on any atom is -0.493 e. The summed E-state index contributed by atoms with van der Waals surface area (Å²) in [5, 5.41) is 3.10. The lowest BCUT2D eigenvalue weighted by Gasteiger charge is -2.24.